The van der Waals surface area contributed by atoms with Gasteiger partial charge >= 0.3 is 12.0 Å². The predicted octanol–water partition coefficient (Wildman–Crippen LogP) is 3.94. The molecule has 0 bridgehead atoms. The molecule has 1 unspecified atom stereocenters. The van der Waals surface area contributed by atoms with Gasteiger partial charge in [-0.3, -0.25) is 0 Å². The Morgan fingerprint density at radius 3 is 2.67 bits per heavy atom. The predicted molar refractivity (Wildman–Crippen MR) is 121 cm³/mol. The summed E-state index contributed by atoms with van der Waals surface area (Å²) in [6.07, 6.45) is 3.44. The fourth-order valence-corrected chi connectivity index (χ4v) is 4.37. The van der Waals surface area contributed by atoms with E-state index in [9.17, 15) is 9.59 Å². The van der Waals surface area contributed by atoms with E-state index in [1.54, 1.807) is 0 Å². The van der Waals surface area contributed by atoms with E-state index in [2.05, 4.69) is 22.4 Å². The molecule has 1 aliphatic rings. The van der Waals surface area contributed by atoms with Crippen LogP contribution in [0.1, 0.15) is 49.9 Å². The van der Waals surface area contributed by atoms with Crippen molar-refractivity contribution in [2.45, 2.75) is 32.9 Å². The largest absolute Gasteiger partial charge is 0.496 e. The Hall–Kier alpha value is -3.81. The molecule has 8 heteroatoms. The van der Waals surface area contributed by atoms with Gasteiger partial charge in [-0.1, -0.05) is 23.8 Å². The number of rotatable bonds is 5. The highest BCUT2D eigenvalue weighted by Crippen LogP contribution is 2.40. The average molecular weight is 450 g/mol. The molecule has 0 spiro atoms. The highest BCUT2D eigenvalue weighted by molar-refractivity contribution is 5.93. The minimum atomic E-state index is -0.453. The minimum absolute atomic E-state index is 0.204. The number of urea groups is 1. The normalized spacial score (nSPS) is 15.0. The second kappa shape index (κ2) is 9.36. The Morgan fingerprint density at radius 2 is 2.00 bits per heavy atom. The molecule has 2 amide bonds. The SMILES string of the molecule is COC(=O)c1cc2c(cc1OC)C(c1ccc(C)cc1C)N(C(=O)NCc1cocn1)CC2. The van der Waals surface area contributed by atoms with Gasteiger partial charge in [0, 0.05) is 6.54 Å². The monoisotopic (exact) mass is 449 g/mol. The summed E-state index contributed by atoms with van der Waals surface area (Å²) in [5.41, 5.74) is 6.18. The smallest absolute Gasteiger partial charge is 0.341 e. The maximum Gasteiger partial charge on any atom is 0.341 e. The van der Waals surface area contributed by atoms with E-state index in [4.69, 9.17) is 13.9 Å². The van der Waals surface area contributed by atoms with Crippen LogP contribution in [0, 0.1) is 13.8 Å². The number of carbonyl (C=O) groups excluding carboxylic acids is 2. The number of carbonyl (C=O) groups is 2. The summed E-state index contributed by atoms with van der Waals surface area (Å²) < 4.78 is 15.4. The Kier molecular flexibility index (Phi) is 6.35. The first-order chi connectivity index (χ1) is 15.9. The van der Waals surface area contributed by atoms with Gasteiger partial charge in [-0.15, -0.1) is 0 Å². The summed E-state index contributed by atoms with van der Waals surface area (Å²) in [6, 6.07) is 9.33. The zero-order chi connectivity index (χ0) is 23.5. The fourth-order valence-electron chi connectivity index (χ4n) is 4.37. The third-order valence-electron chi connectivity index (χ3n) is 5.98. The Morgan fingerprint density at radius 1 is 1.18 bits per heavy atom. The third-order valence-corrected chi connectivity index (χ3v) is 5.98. The van der Waals surface area contributed by atoms with Gasteiger partial charge in [0.1, 0.15) is 17.6 Å². The molecule has 1 atom stereocenters. The maximum atomic E-state index is 13.3. The lowest BCUT2D eigenvalue weighted by atomic mass is 9.85. The standard InChI is InChI=1S/C25H27N3O5/c1-15-5-6-19(16(2)9-15)23-20-11-22(31-3)21(24(29)32-4)10-17(20)7-8-28(23)25(30)26-12-18-13-33-14-27-18/h5-6,9-11,13-14,23H,7-8,12H2,1-4H3,(H,26,30). The lowest BCUT2D eigenvalue weighted by molar-refractivity contribution is 0.0596. The number of nitrogens with zero attached hydrogens (tertiary/aromatic N) is 2. The molecule has 0 saturated heterocycles. The molecule has 1 aliphatic heterocycles. The number of hydrogen-bond donors (Lipinski definition) is 1. The molecule has 0 aliphatic carbocycles. The molecule has 8 nitrogen and oxygen atoms in total. The summed E-state index contributed by atoms with van der Waals surface area (Å²) >= 11 is 0. The molecule has 1 aromatic heterocycles. The molecule has 0 saturated carbocycles. The van der Waals surface area contributed by atoms with Crippen LogP contribution in [0.4, 0.5) is 4.79 Å². The van der Waals surface area contributed by atoms with Gasteiger partial charge in [-0.05, 0) is 54.7 Å². The number of ether oxygens (including phenoxy) is 2. The Labute approximate surface area is 192 Å². The van der Waals surface area contributed by atoms with Gasteiger partial charge < -0.3 is 24.1 Å². The zero-order valence-corrected chi connectivity index (χ0v) is 19.2. The van der Waals surface area contributed by atoms with Gasteiger partial charge in [0.2, 0.25) is 0 Å². The second-order valence-electron chi connectivity index (χ2n) is 8.09. The van der Waals surface area contributed by atoms with E-state index in [1.807, 2.05) is 36.9 Å². The number of amides is 2. The van der Waals surface area contributed by atoms with Crippen LogP contribution < -0.4 is 10.1 Å². The van der Waals surface area contributed by atoms with Crippen LogP contribution in [0.25, 0.3) is 0 Å². The number of nitrogens with one attached hydrogen (secondary N) is 1. The minimum Gasteiger partial charge on any atom is -0.496 e. The molecule has 1 N–H and O–H groups in total. The molecule has 33 heavy (non-hydrogen) atoms. The molecule has 2 heterocycles. The molecular formula is C25H27N3O5. The van der Waals surface area contributed by atoms with Gasteiger partial charge in [0.15, 0.2) is 6.39 Å². The molecule has 4 rings (SSSR count). The van der Waals surface area contributed by atoms with Crippen molar-refractivity contribution < 1.29 is 23.5 Å². The highest BCUT2D eigenvalue weighted by atomic mass is 16.5. The first-order valence-electron chi connectivity index (χ1n) is 10.7. The summed E-state index contributed by atoms with van der Waals surface area (Å²) in [5.74, 6) is -0.0364. The van der Waals surface area contributed by atoms with Crippen LogP contribution in [-0.4, -0.2) is 42.6 Å². The van der Waals surface area contributed by atoms with Crippen LogP contribution in [0.2, 0.25) is 0 Å². The van der Waals surface area contributed by atoms with Gasteiger partial charge in [0.25, 0.3) is 0 Å². The molecule has 0 radical (unpaired) electrons. The van der Waals surface area contributed by atoms with E-state index in [1.165, 1.54) is 26.9 Å². The van der Waals surface area contributed by atoms with Crippen molar-refractivity contribution in [2.75, 3.05) is 20.8 Å². The molecule has 3 aromatic rings. The van der Waals surface area contributed by atoms with E-state index in [0.717, 1.165) is 27.8 Å². The number of methoxy groups -OCH3 is 2. The van der Waals surface area contributed by atoms with Gasteiger partial charge in [0.05, 0.1) is 32.5 Å². The molecule has 172 valence electrons. The molecule has 0 fully saturated rings. The van der Waals surface area contributed by atoms with Crippen molar-refractivity contribution in [3.63, 3.8) is 0 Å². The van der Waals surface area contributed by atoms with Crippen molar-refractivity contribution in [1.29, 1.82) is 0 Å². The summed E-state index contributed by atoms with van der Waals surface area (Å²) in [4.78, 5) is 31.5. The van der Waals surface area contributed by atoms with E-state index in [-0.39, 0.29) is 18.6 Å². The quantitative estimate of drug-likeness (QED) is 0.593. The van der Waals surface area contributed by atoms with Gasteiger partial charge in [-0.2, -0.15) is 0 Å². The lowest BCUT2D eigenvalue weighted by Crippen LogP contribution is -2.46. The van der Waals surface area contributed by atoms with Crippen molar-refractivity contribution in [2.24, 2.45) is 0 Å². The highest BCUT2D eigenvalue weighted by Gasteiger charge is 2.34. The first kappa shape index (κ1) is 22.4. The molecule has 2 aromatic carbocycles. The Bertz CT molecular complexity index is 1170. The number of aryl methyl sites for hydroxylation is 2. The number of aromatic nitrogens is 1. The third kappa shape index (κ3) is 4.41. The average Bonchev–Trinajstić information content (AvgIpc) is 3.34. The molecular weight excluding hydrogens is 422 g/mol. The van der Waals surface area contributed by atoms with E-state index < -0.39 is 5.97 Å². The van der Waals surface area contributed by atoms with Crippen molar-refractivity contribution >= 4 is 12.0 Å². The van der Waals surface area contributed by atoms with Crippen LogP contribution in [0.3, 0.4) is 0 Å². The van der Waals surface area contributed by atoms with Crippen LogP contribution in [0.5, 0.6) is 5.75 Å². The number of fused-ring (bicyclic) bond motifs is 1. The van der Waals surface area contributed by atoms with Crippen LogP contribution >= 0.6 is 0 Å². The number of oxazole rings is 1. The number of benzene rings is 2. The van der Waals surface area contributed by atoms with Crippen molar-refractivity contribution in [1.82, 2.24) is 15.2 Å². The first-order valence-corrected chi connectivity index (χ1v) is 10.7. The Balaban J connectivity index is 1.78. The van der Waals surface area contributed by atoms with Gasteiger partial charge in [-0.25, -0.2) is 14.6 Å². The fraction of sp³-hybridized carbons (Fsp3) is 0.320. The van der Waals surface area contributed by atoms with E-state index in [0.29, 0.717) is 30.0 Å². The maximum absolute atomic E-state index is 13.3. The zero-order valence-electron chi connectivity index (χ0n) is 19.2. The van der Waals surface area contributed by atoms with Crippen LogP contribution in [0.15, 0.2) is 47.4 Å². The topological polar surface area (TPSA) is 93.9 Å². The van der Waals surface area contributed by atoms with E-state index >= 15 is 0 Å². The van der Waals surface area contributed by atoms with Crippen LogP contribution in [-0.2, 0) is 17.7 Å². The second-order valence-corrected chi connectivity index (χ2v) is 8.09. The summed E-state index contributed by atoms with van der Waals surface area (Å²) in [6.45, 7) is 4.84. The van der Waals surface area contributed by atoms with Crippen molar-refractivity contribution in [3.8, 4) is 5.75 Å². The number of hydrogen-bond acceptors (Lipinski definition) is 6. The summed E-state index contributed by atoms with van der Waals surface area (Å²) in [7, 11) is 2.87. The van der Waals surface area contributed by atoms with Crippen molar-refractivity contribution in [3.05, 3.63) is 82.1 Å². The number of esters is 1. The lowest BCUT2D eigenvalue weighted by Gasteiger charge is -2.38. The summed E-state index contributed by atoms with van der Waals surface area (Å²) in [5, 5.41) is 2.94.